The minimum atomic E-state index is -0.0741. The Bertz CT molecular complexity index is 171. The lowest BCUT2D eigenvalue weighted by Crippen LogP contribution is -2.23. The second kappa shape index (κ2) is 2.70. The molecule has 0 unspecified atom stereocenters. The molecule has 1 aliphatic rings. The first kappa shape index (κ1) is 8.91. The second-order valence-electron chi connectivity index (χ2n) is 3.91. The van der Waals surface area contributed by atoms with Crippen LogP contribution in [-0.2, 0) is 9.53 Å². The number of hydrogen-bond acceptors (Lipinski definition) is 3. The number of carbonyl (C=O) groups excluding carboxylic acids is 1. The average molecular weight is 174 g/mol. The Morgan fingerprint density at radius 2 is 2.00 bits per heavy atom. The summed E-state index contributed by atoms with van der Waals surface area (Å²) in [5.41, 5.74) is 0.0930. The molecule has 0 bridgehead atoms. The molecule has 0 saturated carbocycles. The molecule has 11 heavy (non-hydrogen) atoms. The highest BCUT2D eigenvalue weighted by atomic mass is 32.2. The largest absolute Gasteiger partial charge is 0.450 e. The first-order valence-corrected chi connectivity index (χ1v) is 4.71. The van der Waals surface area contributed by atoms with Crippen LogP contribution >= 0.6 is 11.8 Å². The molecule has 0 spiro atoms. The molecule has 2 nitrogen and oxygen atoms in total. The molecule has 0 N–H and O–H groups in total. The standard InChI is InChI=1S/C8H14O2S/c1-5-6(9)10-7(11-5)8(2,3)4/h5,7H,1-4H3/t5-,7-/m1/s1. The molecule has 1 aliphatic heterocycles. The zero-order valence-electron chi connectivity index (χ0n) is 7.38. The van der Waals surface area contributed by atoms with E-state index in [1.165, 1.54) is 0 Å². The highest BCUT2D eigenvalue weighted by Gasteiger charge is 2.38. The minimum absolute atomic E-state index is 0.0132. The van der Waals surface area contributed by atoms with E-state index in [0.29, 0.717) is 0 Å². The van der Waals surface area contributed by atoms with E-state index in [0.717, 1.165) is 0 Å². The lowest BCUT2D eigenvalue weighted by molar-refractivity contribution is -0.144. The van der Waals surface area contributed by atoms with Gasteiger partial charge in [-0.15, -0.1) is 11.8 Å². The quantitative estimate of drug-likeness (QED) is 0.526. The van der Waals surface area contributed by atoms with Gasteiger partial charge in [-0.2, -0.15) is 0 Å². The van der Waals surface area contributed by atoms with Crippen LogP contribution < -0.4 is 0 Å². The van der Waals surface area contributed by atoms with Crippen molar-refractivity contribution in [3.63, 3.8) is 0 Å². The fraction of sp³-hybridized carbons (Fsp3) is 0.875. The molecule has 1 fully saturated rings. The van der Waals surface area contributed by atoms with Gasteiger partial charge >= 0.3 is 5.97 Å². The monoisotopic (exact) mass is 174 g/mol. The molecule has 1 rings (SSSR count). The van der Waals surface area contributed by atoms with Crippen molar-refractivity contribution < 1.29 is 9.53 Å². The molecule has 3 heteroatoms. The predicted molar refractivity (Wildman–Crippen MR) is 46.4 cm³/mol. The number of cyclic esters (lactones) is 1. The van der Waals surface area contributed by atoms with E-state index < -0.39 is 0 Å². The molecule has 0 radical (unpaired) electrons. The van der Waals surface area contributed by atoms with Gasteiger partial charge in [-0.1, -0.05) is 20.8 Å². The molecular weight excluding hydrogens is 160 g/mol. The summed E-state index contributed by atoms with van der Waals surface area (Å²) < 4.78 is 5.16. The summed E-state index contributed by atoms with van der Waals surface area (Å²) >= 11 is 1.61. The van der Waals surface area contributed by atoms with Crippen LogP contribution in [-0.4, -0.2) is 16.7 Å². The van der Waals surface area contributed by atoms with Crippen molar-refractivity contribution >= 4 is 17.7 Å². The summed E-state index contributed by atoms with van der Waals surface area (Å²) in [6, 6.07) is 0. The first-order valence-electron chi connectivity index (χ1n) is 3.77. The Morgan fingerprint density at radius 3 is 2.18 bits per heavy atom. The molecule has 0 amide bonds. The van der Waals surface area contributed by atoms with E-state index in [4.69, 9.17) is 4.74 Å². The molecule has 0 aromatic heterocycles. The van der Waals surface area contributed by atoms with Crippen LogP contribution in [0.15, 0.2) is 0 Å². The van der Waals surface area contributed by atoms with Crippen molar-refractivity contribution in [2.75, 3.05) is 0 Å². The van der Waals surface area contributed by atoms with Gasteiger partial charge in [-0.05, 0) is 6.92 Å². The Labute approximate surface area is 71.7 Å². The number of thioether (sulfide) groups is 1. The summed E-state index contributed by atoms with van der Waals surface area (Å²) in [5.74, 6) is -0.0741. The first-order chi connectivity index (χ1) is 4.91. The van der Waals surface area contributed by atoms with E-state index in [1.54, 1.807) is 11.8 Å². The van der Waals surface area contributed by atoms with Crippen molar-refractivity contribution in [1.29, 1.82) is 0 Å². The Balaban J connectivity index is 2.61. The van der Waals surface area contributed by atoms with Gasteiger partial charge in [0.2, 0.25) is 0 Å². The van der Waals surface area contributed by atoms with Crippen LogP contribution in [0.25, 0.3) is 0 Å². The van der Waals surface area contributed by atoms with Crippen LogP contribution in [0.1, 0.15) is 27.7 Å². The van der Waals surface area contributed by atoms with Crippen molar-refractivity contribution in [1.82, 2.24) is 0 Å². The summed E-state index contributed by atoms with van der Waals surface area (Å²) in [7, 11) is 0. The van der Waals surface area contributed by atoms with Crippen molar-refractivity contribution in [3.05, 3.63) is 0 Å². The third kappa shape index (κ3) is 1.89. The maximum Gasteiger partial charge on any atom is 0.320 e. The Hall–Kier alpha value is -0.180. The molecule has 1 heterocycles. The normalized spacial score (nSPS) is 32.2. The minimum Gasteiger partial charge on any atom is -0.450 e. The molecular formula is C8H14O2S. The van der Waals surface area contributed by atoms with Crippen LogP contribution in [0.3, 0.4) is 0 Å². The second-order valence-corrected chi connectivity index (χ2v) is 5.32. The third-order valence-electron chi connectivity index (χ3n) is 1.59. The van der Waals surface area contributed by atoms with Gasteiger partial charge in [0.15, 0.2) is 5.44 Å². The molecule has 0 aliphatic carbocycles. The van der Waals surface area contributed by atoms with E-state index >= 15 is 0 Å². The maximum atomic E-state index is 11.0. The van der Waals surface area contributed by atoms with Gasteiger partial charge < -0.3 is 4.74 Å². The molecule has 64 valence electrons. The number of carbonyl (C=O) groups is 1. The van der Waals surface area contributed by atoms with E-state index in [-0.39, 0.29) is 22.1 Å². The van der Waals surface area contributed by atoms with Gasteiger partial charge in [0.1, 0.15) is 5.25 Å². The maximum absolute atomic E-state index is 11.0. The van der Waals surface area contributed by atoms with Gasteiger partial charge in [0.05, 0.1) is 0 Å². The van der Waals surface area contributed by atoms with Gasteiger partial charge in [-0.3, -0.25) is 4.79 Å². The molecule has 2 atom stereocenters. The fourth-order valence-corrected chi connectivity index (χ4v) is 1.95. The zero-order valence-corrected chi connectivity index (χ0v) is 8.20. The highest BCUT2D eigenvalue weighted by Crippen LogP contribution is 2.39. The fourth-order valence-electron chi connectivity index (χ4n) is 0.851. The highest BCUT2D eigenvalue weighted by molar-refractivity contribution is 8.01. The van der Waals surface area contributed by atoms with Crippen LogP contribution in [0.2, 0.25) is 0 Å². The van der Waals surface area contributed by atoms with Crippen molar-refractivity contribution in [2.24, 2.45) is 5.41 Å². The lowest BCUT2D eigenvalue weighted by Gasteiger charge is -2.23. The smallest absolute Gasteiger partial charge is 0.320 e. The summed E-state index contributed by atoms with van der Waals surface area (Å²) in [6.45, 7) is 8.13. The van der Waals surface area contributed by atoms with Crippen LogP contribution in [0, 0.1) is 5.41 Å². The Kier molecular flexibility index (Phi) is 2.19. The van der Waals surface area contributed by atoms with Gasteiger partial charge in [0.25, 0.3) is 0 Å². The zero-order chi connectivity index (χ0) is 8.65. The average Bonchev–Trinajstić information content (AvgIpc) is 2.11. The number of ether oxygens (including phenoxy) is 1. The van der Waals surface area contributed by atoms with Crippen LogP contribution in [0.5, 0.6) is 0 Å². The summed E-state index contributed by atoms with van der Waals surface area (Å²) in [5, 5.41) is 0.0132. The summed E-state index contributed by atoms with van der Waals surface area (Å²) in [6.07, 6.45) is 0. The predicted octanol–water partition coefficient (Wildman–Crippen LogP) is 2.04. The lowest BCUT2D eigenvalue weighted by atomic mass is 9.98. The number of hydrogen-bond donors (Lipinski definition) is 0. The number of esters is 1. The van der Waals surface area contributed by atoms with Crippen molar-refractivity contribution in [2.45, 2.75) is 38.4 Å². The summed E-state index contributed by atoms with van der Waals surface area (Å²) in [4.78, 5) is 11.0. The Morgan fingerprint density at radius 1 is 1.45 bits per heavy atom. The van der Waals surface area contributed by atoms with E-state index in [9.17, 15) is 4.79 Å². The van der Waals surface area contributed by atoms with E-state index in [2.05, 4.69) is 20.8 Å². The van der Waals surface area contributed by atoms with Gasteiger partial charge in [0, 0.05) is 5.41 Å². The van der Waals surface area contributed by atoms with E-state index in [1.807, 2.05) is 6.92 Å². The van der Waals surface area contributed by atoms with Gasteiger partial charge in [-0.25, -0.2) is 0 Å². The molecule has 1 saturated heterocycles. The van der Waals surface area contributed by atoms with Crippen LogP contribution in [0.4, 0.5) is 0 Å². The SMILES string of the molecule is C[C@H]1S[C@H](C(C)(C)C)OC1=O. The molecule has 0 aromatic carbocycles. The third-order valence-corrected chi connectivity index (χ3v) is 3.24. The topological polar surface area (TPSA) is 26.3 Å². The molecule has 0 aromatic rings. The van der Waals surface area contributed by atoms with Crippen molar-refractivity contribution in [3.8, 4) is 0 Å². The number of rotatable bonds is 0.